The van der Waals surface area contributed by atoms with Gasteiger partial charge in [-0.3, -0.25) is 4.79 Å². The zero-order valence-electron chi connectivity index (χ0n) is 20.2. The highest BCUT2D eigenvalue weighted by Crippen LogP contribution is 2.30. The molecule has 4 rings (SSSR count). The average Bonchev–Trinajstić information content (AvgIpc) is 2.89. The van der Waals surface area contributed by atoms with E-state index in [0.717, 1.165) is 37.1 Å². The van der Waals surface area contributed by atoms with Crippen LogP contribution >= 0.6 is 11.6 Å². The summed E-state index contributed by atoms with van der Waals surface area (Å²) in [7, 11) is 0. The maximum atomic E-state index is 13.0. The van der Waals surface area contributed by atoms with Crippen molar-refractivity contribution in [2.75, 3.05) is 42.6 Å². The molecule has 0 spiro atoms. The SMILES string of the molecule is CCC(CC)COC(=O)[C@H](C#N)c1nc2ccccc2nc1N1CCN(c2cccc(Cl)c2)CC1. The summed E-state index contributed by atoms with van der Waals surface area (Å²) in [4.78, 5) is 27.0. The van der Waals surface area contributed by atoms with Gasteiger partial charge in [0.1, 0.15) is 5.69 Å². The molecule has 1 atom stereocenters. The van der Waals surface area contributed by atoms with Crippen molar-refractivity contribution in [2.24, 2.45) is 5.92 Å². The van der Waals surface area contributed by atoms with Gasteiger partial charge in [0.05, 0.1) is 23.7 Å². The third-order valence-corrected chi connectivity index (χ3v) is 6.82. The van der Waals surface area contributed by atoms with Crippen LogP contribution in [0.3, 0.4) is 0 Å². The van der Waals surface area contributed by atoms with E-state index in [1.165, 1.54) is 0 Å². The summed E-state index contributed by atoms with van der Waals surface area (Å²) in [6.45, 7) is 7.30. The number of hydrogen-bond donors (Lipinski definition) is 0. The second kappa shape index (κ2) is 11.4. The number of fused-ring (bicyclic) bond motifs is 1. The van der Waals surface area contributed by atoms with Crippen molar-refractivity contribution in [3.05, 3.63) is 59.2 Å². The third-order valence-electron chi connectivity index (χ3n) is 6.58. The van der Waals surface area contributed by atoms with Crippen LogP contribution in [-0.2, 0) is 9.53 Å². The molecule has 2 heterocycles. The van der Waals surface area contributed by atoms with E-state index >= 15 is 0 Å². The fourth-order valence-electron chi connectivity index (χ4n) is 4.31. The number of benzene rings is 2. The number of hydrogen-bond acceptors (Lipinski definition) is 7. The van der Waals surface area contributed by atoms with E-state index in [0.29, 0.717) is 41.7 Å². The second-order valence-corrected chi connectivity index (χ2v) is 9.19. The minimum atomic E-state index is -1.14. The predicted molar refractivity (Wildman–Crippen MR) is 139 cm³/mol. The van der Waals surface area contributed by atoms with Gasteiger partial charge in [0.15, 0.2) is 11.7 Å². The molecule has 0 bridgehead atoms. The molecule has 0 aliphatic carbocycles. The highest BCUT2D eigenvalue weighted by atomic mass is 35.5. The van der Waals surface area contributed by atoms with Crippen LogP contribution in [0.15, 0.2) is 48.5 Å². The fourth-order valence-corrected chi connectivity index (χ4v) is 4.50. The van der Waals surface area contributed by atoms with Gasteiger partial charge in [-0.2, -0.15) is 5.26 Å². The number of ether oxygens (including phenoxy) is 1. The van der Waals surface area contributed by atoms with Gasteiger partial charge >= 0.3 is 5.97 Å². The van der Waals surface area contributed by atoms with Crippen molar-refractivity contribution >= 4 is 40.1 Å². The van der Waals surface area contributed by atoms with Gasteiger partial charge in [0.25, 0.3) is 0 Å². The minimum Gasteiger partial charge on any atom is -0.464 e. The molecule has 8 heteroatoms. The lowest BCUT2D eigenvalue weighted by Crippen LogP contribution is -2.47. The van der Waals surface area contributed by atoms with Crippen LogP contribution in [-0.4, -0.2) is 48.7 Å². The Morgan fingerprint density at radius 2 is 1.69 bits per heavy atom. The van der Waals surface area contributed by atoms with Crippen molar-refractivity contribution in [2.45, 2.75) is 32.6 Å². The lowest BCUT2D eigenvalue weighted by Gasteiger charge is -2.37. The van der Waals surface area contributed by atoms with Crippen molar-refractivity contribution < 1.29 is 9.53 Å². The van der Waals surface area contributed by atoms with Gasteiger partial charge in [-0.15, -0.1) is 0 Å². The van der Waals surface area contributed by atoms with E-state index in [-0.39, 0.29) is 5.92 Å². The molecule has 0 radical (unpaired) electrons. The van der Waals surface area contributed by atoms with Crippen LogP contribution in [0.25, 0.3) is 11.0 Å². The summed E-state index contributed by atoms with van der Waals surface area (Å²) in [5.74, 6) is -0.856. The molecule has 7 nitrogen and oxygen atoms in total. The Morgan fingerprint density at radius 1 is 1.03 bits per heavy atom. The number of halogens is 1. The number of rotatable bonds is 8. The summed E-state index contributed by atoms with van der Waals surface area (Å²) in [5.41, 5.74) is 2.81. The number of nitrogens with zero attached hydrogens (tertiary/aromatic N) is 5. The number of esters is 1. The van der Waals surface area contributed by atoms with Crippen LogP contribution < -0.4 is 9.80 Å². The molecule has 1 saturated heterocycles. The normalized spacial score (nSPS) is 14.7. The molecule has 2 aromatic carbocycles. The minimum absolute atomic E-state index is 0.278. The summed E-state index contributed by atoms with van der Waals surface area (Å²) in [5, 5.41) is 10.7. The monoisotopic (exact) mass is 491 g/mol. The predicted octanol–water partition coefficient (Wildman–Crippen LogP) is 5.20. The molecule has 1 aromatic heterocycles. The largest absolute Gasteiger partial charge is 0.464 e. The third kappa shape index (κ3) is 5.66. The average molecular weight is 492 g/mol. The second-order valence-electron chi connectivity index (χ2n) is 8.75. The Hall–Kier alpha value is -3.37. The Morgan fingerprint density at radius 3 is 2.31 bits per heavy atom. The molecular formula is C27H30ClN5O2. The quantitative estimate of drug-likeness (QED) is 0.400. The Balaban J connectivity index is 1.61. The zero-order chi connectivity index (χ0) is 24.8. The number of anilines is 2. The van der Waals surface area contributed by atoms with Crippen LogP contribution in [0.5, 0.6) is 0 Å². The molecule has 0 N–H and O–H groups in total. The van der Waals surface area contributed by atoms with Crippen molar-refractivity contribution in [1.82, 2.24) is 9.97 Å². The molecule has 0 saturated carbocycles. The molecule has 0 amide bonds. The van der Waals surface area contributed by atoms with E-state index < -0.39 is 11.9 Å². The molecule has 1 aliphatic heterocycles. The topological polar surface area (TPSA) is 82.3 Å². The van der Waals surface area contributed by atoms with Gasteiger partial charge in [-0.25, -0.2) is 9.97 Å². The lowest BCUT2D eigenvalue weighted by atomic mass is 10.0. The van der Waals surface area contributed by atoms with E-state index in [1.807, 2.05) is 48.5 Å². The lowest BCUT2D eigenvalue weighted by molar-refractivity contribution is -0.145. The van der Waals surface area contributed by atoms with E-state index in [1.54, 1.807) is 0 Å². The first-order valence-corrected chi connectivity index (χ1v) is 12.5. The van der Waals surface area contributed by atoms with E-state index in [2.05, 4.69) is 29.7 Å². The highest BCUT2D eigenvalue weighted by Gasteiger charge is 2.31. The molecular weight excluding hydrogens is 462 g/mol. The number of carbonyl (C=O) groups is 1. The summed E-state index contributed by atoms with van der Waals surface area (Å²) in [6, 6.07) is 17.5. The Bertz CT molecular complexity index is 1220. The number of aromatic nitrogens is 2. The van der Waals surface area contributed by atoms with E-state index in [4.69, 9.17) is 26.3 Å². The zero-order valence-corrected chi connectivity index (χ0v) is 20.9. The maximum absolute atomic E-state index is 13.0. The van der Waals surface area contributed by atoms with Gasteiger partial charge < -0.3 is 14.5 Å². The van der Waals surface area contributed by atoms with Crippen LogP contribution in [0.2, 0.25) is 5.02 Å². The number of piperazine rings is 1. The molecule has 3 aromatic rings. The van der Waals surface area contributed by atoms with Gasteiger partial charge in [0.2, 0.25) is 0 Å². The first-order chi connectivity index (χ1) is 17.0. The van der Waals surface area contributed by atoms with Crippen molar-refractivity contribution in [3.63, 3.8) is 0 Å². The molecule has 0 unspecified atom stereocenters. The van der Waals surface area contributed by atoms with Crippen LogP contribution in [0.4, 0.5) is 11.5 Å². The molecule has 182 valence electrons. The molecule has 35 heavy (non-hydrogen) atoms. The maximum Gasteiger partial charge on any atom is 0.329 e. The highest BCUT2D eigenvalue weighted by molar-refractivity contribution is 6.30. The van der Waals surface area contributed by atoms with Crippen molar-refractivity contribution in [3.8, 4) is 6.07 Å². The molecule has 1 fully saturated rings. The molecule has 1 aliphatic rings. The number of nitriles is 1. The fraction of sp³-hybridized carbons (Fsp3) is 0.407. The van der Waals surface area contributed by atoms with Gasteiger partial charge in [0, 0.05) is 36.9 Å². The van der Waals surface area contributed by atoms with Gasteiger partial charge in [-0.05, 0) is 36.2 Å². The smallest absolute Gasteiger partial charge is 0.329 e. The van der Waals surface area contributed by atoms with Crippen LogP contribution in [0, 0.1) is 17.2 Å². The number of carbonyl (C=O) groups excluding carboxylic acids is 1. The first-order valence-electron chi connectivity index (χ1n) is 12.1. The first kappa shape index (κ1) is 24.7. The van der Waals surface area contributed by atoms with Crippen LogP contribution in [0.1, 0.15) is 38.3 Å². The van der Waals surface area contributed by atoms with E-state index in [9.17, 15) is 10.1 Å². The Labute approximate surface area is 211 Å². The number of para-hydroxylation sites is 2. The summed E-state index contributed by atoms with van der Waals surface area (Å²) in [6.07, 6.45) is 1.83. The van der Waals surface area contributed by atoms with Gasteiger partial charge in [-0.1, -0.05) is 56.5 Å². The van der Waals surface area contributed by atoms with Crippen molar-refractivity contribution in [1.29, 1.82) is 5.26 Å². The summed E-state index contributed by atoms with van der Waals surface area (Å²) >= 11 is 6.18. The standard InChI is InChI=1S/C27H30ClN5O2/c1-3-19(4-2)18-35-27(34)22(17-29)25-26(31-24-11-6-5-10-23(24)30-25)33-14-12-32(13-15-33)21-9-7-8-20(28)16-21/h5-11,16,19,22H,3-4,12-15,18H2,1-2H3/t22-/m1/s1. The summed E-state index contributed by atoms with van der Waals surface area (Å²) < 4.78 is 5.57. The Kier molecular flexibility index (Phi) is 8.04.